The van der Waals surface area contributed by atoms with Crippen molar-refractivity contribution in [2.45, 2.75) is 19.9 Å². The molecular formula is C12H19FNO3P. The number of hydrogen-bond acceptors (Lipinski definition) is 4. The van der Waals surface area contributed by atoms with Gasteiger partial charge in [-0.3, -0.25) is 4.57 Å². The second-order valence-electron chi connectivity index (χ2n) is 3.80. The Bertz CT molecular complexity index is 410. The van der Waals surface area contributed by atoms with E-state index < -0.39 is 13.6 Å². The van der Waals surface area contributed by atoms with Gasteiger partial charge in [0.15, 0.2) is 0 Å². The van der Waals surface area contributed by atoms with Gasteiger partial charge in [-0.05, 0) is 24.6 Å². The Labute approximate surface area is 107 Å². The Balaban J connectivity index is 2.57. The summed E-state index contributed by atoms with van der Waals surface area (Å²) in [5, 5.41) is 0. The summed E-state index contributed by atoms with van der Waals surface area (Å²) in [6.07, 6.45) is 0.303. The molecule has 1 aromatic rings. The van der Waals surface area contributed by atoms with Crippen molar-refractivity contribution in [2.24, 2.45) is 5.73 Å². The molecule has 1 aromatic carbocycles. The maximum absolute atomic E-state index is 12.7. The van der Waals surface area contributed by atoms with Crippen molar-refractivity contribution < 1.29 is 18.0 Å². The van der Waals surface area contributed by atoms with Gasteiger partial charge in [0, 0.05) is 6.16 Å². The van der Waals surface area contributed by atoms with Crippen molar-refractivity contribution >= 4 is 7.60 Å². The lowest BCUT2D eigenvalue weighted by atomic mass is 10.1. The van der Waals surface area contributed by atoms with Crippen LogP contribution in [0.15, 0.2) is 24.3 Å². The lowest BCUT2D eigenvalue weighted by Crippen LogP contribution is -2.17. The van der Waals surface area contributed by atoms with E-state index >= 15 is 0 Å². The second kappa shape index (κ2) is 7.00. The highest BCUT2D eigenvalue weighted by atomic mass is 31.2. The van der Waals surface area contributed by atoms with E-state index in [0.717, 1.165) is 5.56 Å². The second-order valence-corrected chi connectivity index (χ2v) is 6.17. The number of rotatable bonds is 7. The Morgan fingerprint density at radius 3 is 2.39 bits per heavy atom. The third kappa shape index (κ3) is 4.50. The molecule has 0 aliphatic heterocycles. The summed E-state index contributed by atoms with van der Waals surface area (Å²) in [5.41, 5.74) is 6.61. The molecule has 6 heteroatoms. The van der Waals surface area contributed by atoms with Gasteiger partial charge < -0.3 is 14.8 Å². The third-order valence-electron chi connectivity index (χ3n) is 2.46. The molecule has 0 aliphatic carbocycles. The molecule has 0 radical (unpaired) electrons. The van der Waals surface area contributed by atoms with Crippen LogP contribution in [0.25, 0.3) is 0 Å². The molecular weight excluding hydrogens is 256 g/mol. The van der Waals surface area contributed by atoms with Gasteiger partial charge in [0.2, 0.25) is 0 Å². The first-order chi connectivity index (χ1) is 8.50. The zero-order valence-corrected chi connectivity index (χ0v) is 11.5. The van der Waals surface area contributed by atoms with Crippen LogP contribution in [0.4, 0.5) is 4.39 Å². The van der Waals surface area contributed by atoms with Crippen LogP contribution in [0.3, 0.4) is 0 Å². The van der Waals surface area contributed by atoms with Gasteiger partial charge in [-0.1, -0.05) is 19.1 Å². The van der Waals surface area contributed by atoms with Crippen molar-refractivity contribution in [2.75, 3.05) is 19.4 Å². The number of nitrogens with two attached hydrogens (primary N) is 1. The fourth-order valence-corrected chi connectivity index (χ4v) is 2.64. The standard InChI is InChI=1S/C12H19FNO3P/c1-3-16-18(15,4-2)17-9-12(14)10-5-7-11(13)8-6-10/h5-8,12H,3-4,9,14H2,1-2H3. The molecule has 0 amide bonds. The lowest BCUT2D eigenvalue weighted by Gasteiger charge is -2.19. The van der Waals surface area contributed by atoms with E-state index in [9.17, 15) is 8.96 Å². The van der Waals surface area contributed by atoms with Crippen LogP contribution < -0.4 is 5.73 Å². The lowest BCUT2D eigenvalue weighted by molar-refractivity contribution is 0.202. The molecule has 0 aromatic heterocycles. The molecule has 0 saturated carbocycles. The summed E-state index contributed by atoms with van der Waals surface area (Å²) < 4.78 is 35.1. The van der Waals surface area contributed by atoms with Crippen molar-refractivity contribution in [3.8, 4) is 0 Å². The van der Waals surface area contributed by atoms with Gasteiger partial charge >= 0.3 is 7.60 Å². The Hall–Kier alpha value is -0.740. The molecule has 18 heavy (non-hydrogen) atoms. The summed E-state index contributed by atoms with van der Waals surface area (Å²) in [5.74, 6) is -0.319. The first-order valence-corrected chi connectivity index (χ1v) is 7.62. The minimum absolute atomic E-state index is 0.0801. The summed E-state index contributed by atoms with van der Waals surface area (Å²) in [6.45, 7) is 3.90. The maximum Gasteiger partial charge on any atom is 0.330 e. The first kappa shape index (κ1) is 15.3. The number of benzene rings is 1. The molecule has 2 atom stereocenters. The van der Waals surface area contributed by atoms with Gasteiger partial charge in [0.1, 0.15) is 5.82 Å². The van der Waals surface area contributed by atoms with E-state index in [1.807, 2.05) is 0 Å². The normalized spacial score (nSPS) is 16.2. The Morgan fingerprint density at radius 1 is 1.28 bits per heavy atom. The van der Waals surface area contributed by atoms with Crippen LogP contribution in [-0.2, 0) is 13.6 Å². The first-order valence-electron chi connectivity index (χ1n) is 5.90. The van der Waals surface area contributed by atoms with E-state index in [-0.39, 0.29) is 12.4 Å². The topological polar surface area (TPSA) is 61.5 Å². The monoisotopic (exact) mass is 275 g/mol. The van der Waals surface area contributed by atoms with Crippen LogP contribution in [0.5, 0.6) is 0 Å². The van der Waals surface area contributed by atoms with E-state index in [4.69, 9.17) is 14.8 Å². The zero-order valence-electron chi connectivity index (χ0n) is 10.6. The minimum Gasteiger partial charge on any atom is -0.322 e. The molecule has 0 fully saturated rings. The van der Waals surface area contributed by atoms with Gasteiger partial charge in [0.05, 0.1) is 19.3 Å². The fourth-order valence-electron chi connectivity index (χ4n) is 1.42. The van der Waals surface area contributed by atoms with Crippen molar-refractivity contribution in [3.63, 3.8) is 0 Å². The predicted octanol–water partition coefficient (Wildman–Crippen LogP) is 3.09. The smallest absolute Gasteiger partial charge is 0.322 e. The summed E-state index contributed by atoms with van der Waals surface area (Å²) in [7, 11) is -3.04. The van der Waals surface area contributed by atoms with Crippen LogP contribution >= 0.6 is 7.60 Å². The molecule has 1 rings (SSSR count). The quantitative estimate of drug-likeness (QED) is 0.777. The summed E-state index contributed by atoms with van der Waals surface area (Å²) in [4.78, 5) is 0. The van der Waals surface area contributed by atoms with Crippen LogP contribution in [0.2, 0.25) is 0 Å². The van der Waals surface area contributed by atoms with Crippen molar-refractivity contribution in [1.29, 1.82) is 0 Å². The minimum atomic E-state index is -3.04. The Kier molecular flexibility index (Phi) is 5.96. The van der Waals surface area contributed by atoms with Gasteiger partial charge in [-0.25, -0.2) is 4.39 Å². The van der Waals surface area contributed by atoms with E-state index in [1.54, 1.807) is 26.0 Å². The zero-order chi connectivity index (χ0) is 13.6. The molecule has 2 unspecified atom stereocenters. The van der Waals surface area contributed by atoms with Crippen LogP contribution in [0, 0.1) is 5.82 Å². The molecule has 0 bridgehead atoms. The fraction of sp³-hybridized carbons (Fsp3) is 0.500. The highest BCUT2D eigenvalue weighted by Gasteiger charge is 2.22. The maximum atomic E-state index is 12.7. The number of halogens is 1. The molecule has 102 valence electrons. The average molecular weight is 275 g/mol. The van der Waals surface area contributed by atoms with E-state index in [0.29, 0.717) is 12.8 Å². The summed E-state index contributed by atoms with van der Waals surface area (Å²) >= 11 is 0. The van der Waals surface area contributed by atoms with Gasteiger partial charge in [0.25, 0.3) is 0 Å². The van der Waals surface area contributed by atoms with Crippen LogP contribution in [-0.4, -0.2) is 19.4 Å². The SMILES string of the molecule is CCOP(=O)(CC)OCC(N)c1ccc(F)cc1. The van der Waals surface area contributed by atoms with Crippen molar-refractivity contribution in [1.82, 2.24) is 0 Å². The largest absolute Gasteiger partial charge is 0.330 e. The molecule has 2 N–H and O–H groups in total. The molecule has 0 aliphatic rings. The van der Waals surface area contributed by atoms with E-state index in [2.05, 4.69) is 0 Å². The van der Waals surface area contributed by atoms with Crippen LogP contribution in [0.1, 0.15) is 25.5 Å². The Morgan fingerprint density at radius 2 is 1.89 bits per heavy atom. The van der Waals surface area contributed by atoms with Gasteiger partial charge in [-0.2, -0.15) is 0 Å². The highest BCUT2D eigenvalue weighted by molar-refractivity contribution is 7.53. The molecule has 4 nitrogen and oxygen atoms in total. The molecule has 0 saturated heterocycles. The molecule has 0 spiro atoms. The van der Waals surface area contributed by atoms with Gasteiger partial charge in [-0.15, -0.1) is 0 Å². The third-order valence-corrected chi connectivity index (χ3v) is 4.43. The molecule has 0 heterocycles. The van der Waals surface area contributed by atoms with Crippen molar-refractivity contribution in [3.05, 3.63) is 35.6 Å². The predicted molar refractivity (Wildman–Crippen MR) is 69.1 cm³/mol. The highest BCUT2D eigenvalue weighted by Crippen LogP contribution is 2.47. The average Bonchev–Trinajstić information content (AvgIpc) is 2.37. The van der Waals surface area contributed by atoms with E-state index in [1.165, 1.54) is 12.1 Å². The summed E-state index contributed by atoms with van der Waals surface area (Å²) in [6, 6.07) is 5.38. The number of hydrogen-bond donors (Lipinski definition) is 1.